The lowest BCUT2D eigenvalue weighted by Gasteiger charge is -2.18. The van der Waals surface area contributed by atoms with E-state index in [4.69, 9.17) is 19.4 Å². The Morgan fingerprint density at radius 2 is 1.92 bits per heavy atom. The molecule has 0 spiro atoms. The van der Waals surface area contributed by atoms with Crippen molar-refractivity contribution in [2.24, 2.45) is 0 Å². The second-order valence-electron chi connectivity index (χ2n) is 8.21. The van der Waals surface area contributed by atoms with Crippen LogP contribution in [0.15, 0.2) is 23.5 Å². The summed E-state index contributed by atoms with van der Waals surface area (Å²) in [4.78, 5) is 35.6. The number of hydrogen-bond donors (Lipinski definition) is 1. The largest absolute Gasteiger partial charge is 0.493 e. The maximum absolute atomic E-state index is 12.9. The first-order valence-electron chi connectivity index (χ1n) is 11.8. The quantitative estimate of drug-likeness (QED) is 0.175. The molecule has 0 bridgehead atoms. The highest BCUT2D eigenvalue weighted by Gasteiger charge is 2.25. The van der Waals surface area contributed by atoms with Gasteiger partial charge in [-0.05, 0) is 19.3 Å². The fraction of sp³-hybridized carbons (Fsp3) is 0.478. The van der Waals surface area contributed by atoms with Gasteiger partial charge in [0.2, 0.25) is 0 Å². The molecule has 192 valence electrons. The summed E-state index contributed by atoms with van der Waals surface area (Å²) < 4.78 is 12.1. The van der Waals surface area contributed by atoms with Gasteiger partial charge < -0.3 is 19.7 Å². The third-order valence-corrected chi connectivity index (χ3v) is 6.90. The molecule has 0 radical (unpaired) electrons. The number of nitro benzene ring substituents is 1. The number of carbonyl (C=O) groups is 1. The SMILES string of the molecule is CCCSc1nc(N2CCCC2)c2cnn(CCNC(=O)c3cc(OC)c(OC)cc3[N+](=O)[O-])c2n1. The number of benzene rings is 1. The van der Waals surface area contributed by atoms with E-state index in [1.54, 1.807) is 22.6 Å². The summed E-state index contributed by atoms with van der Waals surface area (Å²) in [6, 6.07) is 2.49. The number of thioether (sulfide) groups is 1. The minimum atomic E-state index is -0.621. The van der Waals surface area contributed by atoms with E-state index < -0.39 is 10.8 Å². The highest BCUT2D eigenvalue weighted by atomic mass is 32.2. The predicted molar refractivity (Wildman–Crippen MR) is 136 cm³/mol. The van der Waals surface area contributed by atoms with Gasteiger partial charge in [0.25, 0.3) is 11.6 Å². The minimum Gasteiger partial charge on any atom is -0.493 e. The molecule has 1 saturated heterocycles. The molecule has 1 fully saturated rings. The van der Waals surface area contributed by atoms with Crippen LogP contribution in [0.25, 0.3) is 11.0 Å². The number of hydrogen-bond acceptors (Lipinski definition) is 10. The zero-order valence-electron chi connectivity index (χ0n) is 20.5. The van der Waals surface area contributed by atoms with E-state index in [2.05, 4.69) is 22.2 Å². The molecule has 1 N–H and O–H groups in total. The Morgan fingerprint density at radius 3 is 2.58 bits per heavy atom. The first kappa shape index (κ1) is 25.5. The molecule has 1 aliphatic rings. The number of nitrogens with one attached hydrogen (secondary N) is 1. The summed E-state index contributed by atoms with van der Waals surface area (Å²) in [5.74, 6) is 1.63. The predicted octanol–water partition coefficient (Wildman–Crippen LogP) is 3.28. The lowest BCUT2D eigenvalue weighted by molar-refractivity contribution is -0.385. The number of amides is 1. The topological polar surface area (TPSA) is 138 Å². The van der Waals surface area contributed by atoms with E-state index in [1.807, 2.05) is 0 Å². The Hall–Kier alpha value is -3.61. The van der Waals surface area contributed by atoms with Gasteiger partial charge in [-0.3, -0.25) is 14.9 Å². The van der Waals surface area contributed by atoms with E-state index in [1.165, 1.54) is 26.4 Å². The maximum Gasteiger partial charge on any atom is 0.286 e. The summed E-state index contributed by atoms with van der Waals surface area (Å²) in [7, 11) is 2.78. The number of fused-ring (bicyclic) bond motifs is 1. The summed E-state index contributed by atoms with van der Waals surface area (Å²) in [5.41, 5.74) is 0.229. The number of rotatable bonds is 11. The monoisotopic (exact) mass is 515 g/mol. The second kappa shape index (κ2) is 11.4. The van der Waals surface area contributed by atoms with Crippen molar-refractivity contribution in [2.45, 2.75) is 37.9 Å². The third-order valence-electron chi connectivity index (χ3n) is 5.85. The summed E-state index contributed by atoms with van der Waals surface area (Å²) >= 11 is 1.61. The zero-order valence-corrected chi connectivity index (χ0v) is 21.3. The standard InChI is InChI=1S/C23H29N7O5S/c1-4-11-36-23-26-20(28-8-5-6-9-28)16-14-25-29(21(16)27-23)10-7-24-22(31)15-12-18(34-2)19(35-3)13-17(15)30(32)33/h12-14H,4-11H2,1-3H3,(H,24,31). The third kappa shape index (κ3) is 5.30. The van der Waals surface area contributed by atoms with Crippen molar-refractivity contribution in [3.05, 3.63) is 34.0 Å². The maximum atomic E-state index is 12.9. The summed E-state index contributed by atoms with van der Waals surface area (Å²) in [6.45, 7) is 4.56. The molecule has 2 aromatic heterocycles. The molecule has 0 atom stereocenters. The number of anilines is 1. The first-order chi connectivity index (χ1) is 17.5. The molecule has 0 unspecified atom stereocenters. The smallest absolute Gasteiger partial charge is 0.286 e. The number of methoxy groups -OCH3 is 2. The van der Waals surface area contributed by atoms with Crippen molar-refractivity contribution >= 4 is 40.2 Å². The van der Waals surface area contributed by atoms with Crippen LogP contribution in [0.1, 0.15) is 36.5 Å². The molecule has 4 rings (SSSR count). The van der Waals surface area contributed by atoms with Crippen LogP contribution in [-0.4, -0.2) is 70.2 Å². The van der Waals surface area contributed by atoms with Crippen LogP contribution in [0.4, 0.5) is 11.5 Å². The van der Waals surface area contributed by atoms with E-state index in [0.29, 0.717) is 17.3 Å². The number of ether oxygens (including phenoxy) is 2. The number of carbonyl (C=O) groups excluding carboxylic acids is 1. The number of nitrogens with zero attached hydrogens (tertiary/aromatic N) is 6. The lowest BCUT2D eigenvalue weighted by Crippen LogP contribution is -2.28. The van der Waals surface area contributed by atoms with Crippen molar-refractivity contribution in [1.82, 2.24) is 25.1 Å². The average Bonchev–Trinajstić information content (AvgIpc) is 3.56. The van der Waals surface area contributed by atoms with E-state index in [9.17, 15) is 14.9 Å². The molecule has 0 aliphatic carbocycles. The van der Waals surface area contributed by atoms with Crippen LogP contribution < -0.4 is 19.7 Å². The van der Waals surface area contributed by atoms with Crippen molar-refractivity contribution < 1.29 is 19.2 Å². The van der Waals surface area contributed by atoms with Crippen molar-refractivity contribution in [3.63, 3.8) is 0 Å². The molecule has 36 heavy (non-hydrogen) atoms. The van der Waals surface area contributed by atoms with Crippen LogP contribution in [0.5, 0.6) is 11.5 Å². The fourth-order valence-electron chi connectivity index (χ4n) is 4.08. The van der Waals surface area contributed by atoms with Crippen LogP contribution in [-0.2, 0) is 6.54 Å². The normalized spacial score (nSPS) is 13.2. The summed E-state index contributed by atoms with van der Waals surface area (Å²) in [5, 5.41) is 20.4. The highest BCUT2D eigenvalue weighted by molar-refractivity contribution is 7.99. The van der Waals surface area contributed by atoms with Crippen LogP contribution in [0.3, 0.4) is 0 Å². The first-order valence-corrected chi connectivity index (χ1v) is 12.7. The van der Waals surface area contributed by atoms with Crippen molar-refractivity contribution in [2.75, 3.05) is 44.5 Å². The average molecular weight is 516 g/mol. The van der Waals surface area contributed by atoms with Gasteiger partial charge in [-0.2, -0.15) is 5.10 Å². The number of nitro groups is 1. The Labute approximate surface area is 212 Å². The van der Waals surface area contributed by atoms with Gasteiger partial charge in [0, 0.05) is 31.5 Å². The van der Waals surface area contributed by atoms with Crippen LogP contribution >= 0.6 is 11.8 Å². The zero-order chi connectivity index (χ0) is 25.7. The van der Waals surface area contributed by atoms with Crippen LogP contribution in [0.2, 0.25) is 0 Å². The molecule has 3 heterocycles. The molecule has 1 aliphatic heterocycles. The van der Waals surface area contributed by atoms with Gasteiger partial charge in [-0.25, -0.2) is 14.6 Å². The van der Waals surface area contributed by atoms with Gasteiger partial charge in [0.05, 0.1) is 43.3 Å². The van der Waals surface area contributed by atoms with Crippen LogP contribution in [0, 0.1) is 10.1 Å². The molecule has 0 saturated carbocycles. The van der Waals surface area contributed by atoms with E-state index in [-0.39, 0.29) is 29.3 Å². The molecule has 13 heteroatoms. The highest BCUT2D eigenvalue weighted by Crippen LogP contribution is 2.34. The van der Waals surface area contributed by atoms with Gasteiger partial charge in [-0.15, -0.1) is 0 Å². The van der Waals surface area contributed by atoms with Gasteiger partial charge in [0.15, 0.2) is 22.3 Å². The number of aromatic nitrogens is 4. The molecule has 3 aromatic rings. The van der Waals surface area contributed by atoms with Gasteiger partial charge in [0.1, 0.15) is 11.4 Å². The molecular formula is C23H29N7O5S. The van der Waals surface area contributed by atoms with Crippen molar-refractivity contribution in [1.29, 1.82) is 0 Å². The molecule has 1 aromatic carbocycles. The van der Waals surface area contributed by atoms with Crippen molar-refractivity contribution in [3.8, 4) is 11.5 Å². The van der Waals surface area contributed by atoms with Gasteiger partial charge >= 0.3 is 0 Å². The van der Waals surface area contributed by atoms with E-state index in [0.717, 1.165) is 49.3 Å². The molecule has 1 amide bonds. The summed E-state index contributed by atoms with van der Waals surface area (Å²) in [6.07, 6.45) is 5.04. The Morgan fingerprint density at radius 1 is 1.19 bits per heavy atom. The Bertz CT molecular complexity index is 1260. The lowest BCUT2D eigenvalue weighted by atomic mass is 10.1. The minimum absolute atomic E-state index is 0.111. The molecule has 12 nitrogen and oxygen atoms in total. The molecular weight excluding hydrogens is 486 g/mol. The Balaban J connectivity index is 1.54. The van der Waals surface area contributed by atoms with E-state index >= 15 is 0 Å². The second-order valence-corrected chi connectivity index (χ2v) is 9.28. The Kier molecular flexibility index (Phi) is 8.08. The fourth-order valence-corrected chi connectivity index (χ4v) is 4.77. The van der Waals surface area contributed by atoms with Gasteiger partial charge in [-0.1, -0.05) is 18.7 Å².